The summed E-state index contributed by atoms with van der Waals surface area (Å²) < 4.78 is 1.19. The van der Waals surface area contributed by atoms with Gasteiger partial charge in [0.1, 0.15) is 0 Å². The maximum atomic E-state index is 4.10. The van der Waals surface area contributed by atoms with E-state index in [1.165, 1.54) is 14.2 Å². The number of pyridine rings is 1. The van der Waals surface area contributed by atoms with Crippen LogP contribution in [0.4, 0.5) is 0 Å². The third-order valence-electron chi connectivity index (χ3n) is 3.25. The average Bonchev–Trinajstić information content (AvgIpc) is 2.86. The van der Waals surface area contributed by atoms with Gasteiger partial charge < -0.3 is 5.32 Å². The second-order valence-corrected chi connectivity index (χ2v) is 7.14. The summed E-state index contributed by atoms with van der Waals surface area (Å²) in [5.74, 6) is 0.431. The normalized spacial score (nSPS) is 14.3. The molecule has 2 aromatic heterocycles. The molecule has 0 saturated heterocycles. The lowest BCUT2D eigenvalue weighted by atomic mass is 9.93. The lowest BCUT2D eigenvalue weighted by Crippen LogP contribution is -2.26. The average molecular weight is 339 g/mol. The predicted molar refractivity (Wildman–Crippen MR) is 85.7 cm³/mol. The van der Waals surface area contributed by atoms with Gasteiger partial charge in [0.05, 0.1) is 3.79 Å². The Hall–Kier alpha value is -0.710. The maximum absolute atomic E-state index is 4.10. The third-order valence-corrected chi connectivity index (χ3v) is 4.95. The minimum Gasteiger partial charge on any atom is -0.309 e. The van der Waals surface area contributed by atoms with Crippen molar-refractivity contribution in [2.24, 2.45) is 0 Å². The zero-order chi connectivity index (χ0) is 13.7. The van der Waals surface area contributed by atoms with Gasteiger partial charge in [0.15, 0.2) is 0 Å². The molecule has 0 saturated carbocycles. The van der Waals surface area contributed by atoms with Crippen LogP contribution in [-0.2, 0) is 0 Å². The number of nitrogens with zero attached hydrogens (tertiary/aromatic N) is 1. The van der Waals surface area contributed by atoms with Gasteiger partial charge in [-0.3, -0.25) is 4.98 Å². The van der Waals surface area contributed by atoms with Gasteiger partial charge in [-0.2, -0.15) is 0 Å². The second kappa shape index (κ2) is 7.17. The van der Waals surface area contributed by atoms with Crippen LogP contribution < -0.4 is 5.32 Å². The summed E-state index contributed by atoms with van der Waals surface area (Å²) in [6.07, 6.45) is 4.88. The Bertz CT molecular complexity index is 498. The molecule has 0 amide bonds. The maximum Gasteiger partial charge on any atom is 0.0701 e. The topological polar surface area (TPSA) is 24.9 Å². The van der Waals surface area contributed by atoms with Crippen LogP contribution in [0.1, 0.15) is 42.7 Å². The first kappa shape index (κ1) is 14.7. The summed E-state index contributed by atoms with van der Waals surface area (Å²) in [5.41, 5.74) is 1.33. The predicted octanol–water partition coefficient (Wildman–Crippen LogP) is 4.75. The molecule has 19 heavy (non-hydrogen) atoms. The molecule has 0 aliphatic rings. The van der Waals surface area contributed by atoms with Crippen molar-refractivity contribution in [3.63, 3.8) is 0 Å². The lowest BCUT2D eigenvalue weighted by molar-refractivity contribution is 0.472. The SMILES string of the molecule is CCCNC(c1ccc(Br)s1)C(C)c1ccncc1. The smallest absolute Gasteiger partial charge is 0.0701 e. The Morgan fingerprint density at radius 2 is 2.00 bits per heavy atom. The van der Waals surface area contributed by atoms with E-state index < -0.39 is 0 Å². The van der Waals surface area contributed by atoms with Crippen LogP contribution >= 0.6 is 27.3 Å². The van der Waals surface area contributed by atoms with Crippen molar-refractivity contribution < 1.29 is 0 Å². The van der Waals surface area contributed by atoms with E-state index in [0.29, 0.717) is 12.0 Å². The Kier molecular flexibility index (Phi) is 5.55. The summed E-state index contributed by atoms with van der Waals surface area (Å²) in [7, 11) is 0. The fraction of sp³-hybridized carbons (Fsp3) is 0.400. The Balaban J connectivity index is 2.22. The van der Waals surface area contributed by atoms with Crippen LogP contribution in [0.5, 0.6) is 0 Å². The quantitative estimate of drug-likeness (QED) is 0.821. The monoisotopic (exact) mass is 338 g/mol. The van der Waals surface area contributed by atoms with Crippen LogP contribution in [-0.4, -0.2) is 11.5 Å². The summed E-state index contributed by atoms with van der Waals surface area (Å²) in [6.45, 7) is 5.51. The van der Waals surface area contributed by atoms with E-state index in [2.05, 4.69) is 64.3 Å². The molecule has 0 spiro atoms. The fourth-order valence-electron chi connectivity index (χ4n) is 2.18. The molecule has 0 aliphatic carbocycles. The fourth-order valence-corrected chi connectivity index (χ4v) is 3.78. The molecule has 0 aliphatic heterocycles. The van der Waals surface area contributed by atoms with Crippen molar-refractivity contribution in [2.45, 2.75) is 32.2 Å². The number of thiophene rings is 1. The molecule has 0 radical (unpaired) electrons. The Morgan fingerprint density at radius 1 is 1.26 bits per heavy atom. The lowest BCUT2D eigenvalue weighted by Gasteiger charge is -2.24. The molecular weight excluding hydrogens is 320 g/mol. The highest BCUT2D eigenvalue weighted by Crippen LogP contribution is 2.35. The summed E-state index contributed by atoms with van der Waals surface area (Å²) in [6, 6.07) is 8.90. The molecule has 2 atom stereocenters. The van der Waals surface area contributed by atoms with Gasteiger partial charge >= 0.3 is 0 Å². The number of hydrogen-bond donors (Lipinski definition) is 1. The van der Waals surface area contributed by atoms with Gasteiger partial charge in [-0.15, -0.1) is 11.3 Å². The molecule has 1 N–H and O–H groups in total. The van der Waals surface area contributed by atoms with E-state index in [4.69, 9.17) is 0 Å². The minimum absolute atomic E-state index is 0.360. The highest BCUT2D eigenvalue weighted by atomic mass is 79.9. The first-order valence-corrected chi connectivity index (χ1v) is 8.22. The molecule has 2 unspecified atom stereocenters. The van der Waals surface area contributed by atoms with E-state index in [1.54, 1.807) is 0 Å². The molecule has 2 nitrogen and oxygen atoms in total. The van der Waals surface area contributed by atoms with Crippen LogP contribution in [0.25, 0.3) is 0 Å². The molecule has 2 heterocycles. The van der Waals surface area contributed by atoms with Crippen molar-refractivity contribution in [2.75, 3.05) is 6.54 Å². The molecule has 102 valence electrons. The van der Waals surface area contributed by atoms with E-state index >= 15 is 0 Å². The summed E-state index contributed by atoms with van der Waals surface area (Å²) in [5, 5.41) is 3.67. The molecule has 4 heteroatoms. The summed E-state index contributed by atoms with van der Waals surface area (Å²) in [4.78, 5) is 5.48. The molecule has 0 fully saturated rings. The Morgan fingerprint density at radius 3 is 2.58 bits per heavy atom. The van der Waals surface area contributed by atoms with E-state index in [0.717, 1.165) is 13.0 Å². The van der Waals surface area contributed by atoms with Crippen LogP contribution in [0.2, 0.25) is 0 Å². The van der Waals surface area contributed by atoms with Gasteiger partial charge in [-0.05, 0) is 58.7 Å². The molecular formula is C15H19BrN2S. The van der Waals surface area contributed by atoms with E-state index in [9.17, 15) is 0 Å². The van der Waals surface area contributed by atoms with Crippen LogP contribution in [0, 0.1) is 0 Å². The third kappa shape index (κ3) is 3.88. The molecule has 0 aromatic carbocycles. The first-order chi connectivity index (χ1) is 9.22. The number of rotatable bonds is 6. The largest absolute Gasteiger partial charge is 0.309 e. The van der Waals surface area contributed by atoms with Crippen molar-refractivity contribution in [3.05, 3.63) is 50.9 Å². The molecule has 0 bridgehead atoms. The van der Waals surface area contributed by atoms with Crippen molar-refractivity contribution in [1.82, 2.24) is 10.3 Å². The highest BCUT2D eigenvalue weighted by Gasteiger charge is 2.21. The van der Waals surface area contributed by atoms with Crippen LogP contribution in [0.15, 0.2) is 40.4 Å². The summed E-state index contributed by atoms with van der Waals surface area (Å²) >= 11 is 5.36. The number of hydrogen-bond acceptors (Lipinski definition) is 3. The van der Waals surface area contributed by atoms with Crippen molar-refractivity contribution in [3.8, 4) is 0 Å². The van der Waals surface area contributed by atoms with Gasteiger partial charge in [-0.25, -0.2) is 0 Å². The first-order valence-electron chi connectivity index (χ1n) is 6.61. The van der Waals surface area contributed by atoms with Crippen molar-refractivity contribution in [1.29, 1.82) is 0 Å². The second-order valence-electron chi connectivity index (χ2n) is 4.64. The minimum atomic E-state index is 0.360. The van der Waals surface area contributed by atoms with E-state index in [1.807, 2.05) is 23.7 Å². The van der Waals surface area contributed by atoms with E-state index in [-0.39, 0.29) is 0 Å². The van der Waals surface area contributed by atoms with Gasteiger partial charge in [0, 0.05) is 29.2 Å². The standard InChI is InChI=1S/C15H19BrN2S/c1-3-8-18-15(13-4-5-14(16)19-13)11(2)12-6-9-17-10-7-12/h4-7,9-11,15,18H,3,8H2,1-2H3. The van der Waals surface area contributed by atoms with Gasteiger partial charge in [-0.1, -0.05) is 13.8 Å². The molecule has 2 rings (SSSR count). The Labute approximate surface area is 127 Å². The number of nitrogens with one attached hydrogen (secondary N) is 1. The number of halogens is 1. The van der Waals surface area contributed by atoms with Crippen molar-refractivity contribution >= 4 is 27.3 Å². The zero-order valence-electron chi connectivity index (χ0n) is 11.3. The van der Waals surface area contributed by atoms with Gasteiger partial charge in [0.25, 0.3) is 0 Å². The number of aromatic nitrogens is 1. The zero-order valence-corrected chi connectivity index (χ0v) is 13.7. The van der Waals surface area contributed by atoms with Crippen LogP contribution in [0.3, 0.4) is 0 Å². The van der Waals surface area contributed by atoms with Gasteiger partial charge in [0.2, 0.25) is 0 Å². The highest BCUT2D eigenvalue weighted by molar-refractivity contribution is 9.11. The molecule has 2 aromatic rings.